The Morgan fingerprint density at radius 2 is 2.05 bits per heavy atom. The number of aryl methyl sites for hydroxylation is 2. The van der Waals surface area contributed by atoms with Gasteiger partial charge in [0, 0.05) is 24.2 Å². The summed E-state index contributed by atoms with van der Waals surface area (Å²) in [6, 6.07) is 1.68. The zero-order valence-corrected chi connectivity index (χ0v) is 14.8. The summed E-state index contributed by atoms with van der Waals surface area (Å²) in [5.41, 5.74) is 1.99. The number of Topliss-reactive ketones (excluding diaryl/α,β-unsaturated/α-hetero) is 1. The van der Waals surface area contributed by atoms with Crippen LogP contribution >= 0.6 is 63.1 Å². The van der Waals surface area contributed by atoms with Crippen molar-refractivity contribution in [3.05, 3.63) is 28.3 Å². The van der Waals surface area contributed by atoms with Crippen LogP contribution in [0.3, 0.4) is 0 Å². The molecule has 0 N–H and O–H groups in total. The van der Waals surface area contributed by atoms with Crippen LogP contribution < -0.4 is 0 Å². The number of carbonyl (C=O) groups excluding carboxylic acids is 1. The maximum absolute atomic E-state index is 11.9. The summed E-state index contributed by atoms with van der Waals surface area (Å²) in [6.07, 6.45) is 1.79. The average Bonchev–Trinajstić information content (AvgIpc) is 2.82. The Labute approximate surface area is 140 Å². The molecule has 0 unspecified atom stereocenters. The van der Waals surface area contributed by atoms with Crippen LogP contribution in [0.15, 0.2) is 17.6 Å². The molecule has 3 nitrogen and oxygen atoms in total. The van der Waals surface area contributed by atoms with Gasteiger partial charge in [0.1, 0.15) is 0 Å². The summed E-state index contributed by atoms with van der Waals surface area (Å²) in [6.45, 7) is 1.92. The van der Waals surface area contributed by atoms with E-state index in [1.54, 1.807) is 35.2 Å². The summed E-state index contributed by atoms with van der Waals surface area (Å²) >= 11 is 18.4. The molecule has 19 heavy (non-hydrogen) atoms. The lowest BCUT2D eigenvalue weighted by Gasteiger charge is -2.09. The third kappa shape index (κ3) is 3.73. The number of alkyl halides is 3. The monoisotopic (exact) mass is 402 g/mol. The molecule has 0 aliphatic carbocycles. The SMILES string of the molecule is Br.Cc1nc(-c2cc(C(=O)C(Cl)(Cl)Cl)n(C)c2)cs1. The van der Waals surface area contributed by atoms with Crippen molar-refractivity contribution < 1.29 is 4.79 Å². The zero-order valence-electron chi connectivity index (χ0n) is 9.99. The van der Waals surface area contributed by atoms with Crippen LogP contribution in [0.25, 0.3) is 11.3 Å². The van der Waals surface area contributed by atoms with Crippen molar-refractivity contribution in [2.45, 2.75) is 10.7 Å². The van der Waals surface area contributed by atoms with Crippen LogP contribution in [0.2, 0.25) is 0 Å². The number of carbonyl (C=O) groups is 1. The number of halogens is 4. The standard InChI is InChI=1S/C11H9Cl3N2OS.BrH/c1-6-15-8(5-18-6)7-3-9(16(2)4-7)10(17)11(12,13)14;/h3-5H,1-2H3;1H. The Hall–Kier alpha value is -0.0700. The minimum Gasteiger partial charge on any atom is -0.347 e. The van der Waals surface area contributed by atoms with E-state index in [2.05, 4.69) is 4.98 Å². The van der Waals surface area contributed by atoms with Crippen LogP contribution in [0.5, 0.6) is 0 Å². The van der Waals surface area contributed by atoms with Gasteiger partial charge in [0.05, 0.1) is 16.4 Å². The van der Waals surface area contributed by atoms with Crippen LogP contribution in [0.4, 0.5) is 0 Å². The molecule has 0 aliphatic rings. The summed E-state index contributed by atoms with van der Waals surface area (Å²) in [5, 5.41) is 2.89. The molecule has 8 heteroatoms. The Balaban J connectivity index is 0.00000180. The Morgan fingerprint density at radius 1 is 1.42 bits per heavy atom. The molecule has 2 rings (SSSR count). The van der Waals surface area contributed by atoms with Gasteiger partial charge in [0.25, 0.3) is 3.79 Å². The number of thiazole rings is 1. The molecule has 104 valence electrons. The molecule has 0 fully saturated rings. The molecule has 2 heterocycles. The highest BCUT2D eigenvalue weighted by Gasteiger charge is 2.33. The molecule has 0 amide bonds. The molecule has 0 bridgehead atoms. The van der Waals surface area contributed by atoms with Crippen LogP contribution in [0, 0.1) is 6.92 Å². The molecule has 0 saturated heterocycles. The average molecular weight is 405 g/mol. The third-order valence-corrected chi connectivity index (χ3v) is 3.70. The van der Waals surface area contributed by atoms with Gasteiger partial charge in [-0.2, -0.15) is 0 Å². The molecule has 0 spiro atoms. The lowest BCUT2D eigenvalue weighted by atomic mass is 10.2. The number of ketones is 1. The molecule has 0 aromatic carbocycles. The van der Waals surface area contributed by atoms with Crippen molar-refractivity contribution in [1.82, 2.24) is 9.55 Å². The van der Waals surface area contributed by atoms with Crippen LogP contribution in [-0.2, 0) is 7.05 Å². The molecule has 2 aromatic rings. The van der Waals surface area contributed by atoms with Crippen molar-refractivity contribution in [1.29, 1.82) is 0 Å². The minimum atomic E-state index is -1.94. The van der Waals surface area contributed by atoms with Crippen molar-refractivity contribution >= 4 is 68.9 Å². The second-order valence-corrected chi connectivity index (χ2v) is 7.15. The largest absolute Gasteiger partial charge is 0.347 e. The van der Waals surface area contributed by atoms with Gasteiger partial charge in [-0.3, -0.25) is 4.79 Å². The topological polar surface area (TPSA) is 34.9 Å². The van der Waals surface area contributed by atoms with Crippen molar-refractivity contribution in [3.8, 4) is 11.3 Å². The van der Waals surface area contributed by atoms with Crippen molar-refractivity contribution in [3.63, 3.8) is 0 Å². The van der Waals surface area contributed by atoms with E-state index in [-0.39, 0.29) is 17.0 Å². The molecule has 0 radical (unpaired) electrons. The summed E-state index contributed by atoms with van der Waals surface area (Å²) in [5.74, 6) is -0.548. The normalized spacial score (nSPS) is 11.2. The summed E-state index contributed by atoms with van der Waals surface area (Å²) in [4.78, 5) is 16.3. The van der Waals surface area contributed by atoms with Gasteiger partial charge in [-0.15, -0.1) is 28.3 Å². The smallest absolute Gasteiger partial charge is 0.255 e. The first-order valence-corrected chi connectivity index (χ1v) is 7.01. The van der Waals surface area contributed by atoms with E-state index in [9.17, 15) is 4.79 Å². The van der Waals surface area contributed by atoms with Crippen molar-refractivity contribution in [2.24, 2.45) is 7.05 Å². The van der Waals surface area contributed by atoms with Gasteiger partial charge >= 0.3 is 0 Å². The highest BCUT2D eigenvalue weighted by molar-refractivity contribution is 8.93. The minimum absolute atomic E-state index is 0. The first kappa shape index (κ1) is 17.0. The van der Waals surface area contributed by atoms with Gasteiger partial charge in [-0.25, -0.2) is 4.98 Å². The predicted molar refractivity (Wildman–Crippen MR) is 86.2 cm³/mol. The van der Waals surface area contributed by atoms with Gasteiger partial charge in [-0.05, 0) is 13.0 Å². The fraction of sp³-hybridized carbons (Fsp3) is 0.273. The number of hydrogen-bond donors (Lipinski definition) is 0. The lowest BCUT2D eigenvalue weighted by Crippen LogP contribution is -2.21. The molecular weight excluding hydrogens is 394 g/mol. The zero-order chi connectivity index (χ0) is 13.5. The second kappa shape index (κ2) is 6.14. The van der Waals surface area contributed by atoms with E-state index in [4.69, 9.17) is 34.8 Å². The van der Waals surface area contributed by atoms with Crippen LogP contribution in [-0.4, -0.2) is 19.1 Å². The number of aromatic nitrogens is 2. The second-order valence-electron chi connectivity index (χ2n) is 3.80. The number of rotatable bonds is 2. The maximum atomic E-state index is 11.9. The quantitative estimate of drug-likeness (QED) is 0.542. The third-order valence-electron chi connectivity index (χ3n) is 2.41. The van der Waals surface area contributed by atoms with Crippen molar-refractivity contribution in [2.75, 3.05) is 0 Å². The highest BCUT2D eigenvalue weighted by Crippen LogP contribution is 2.32. The Kier molecular flexibility index (Phi) is 5.49. The van der Waals surface area contributed by atoms with Gasteiger partial charge in [-0.1, -0.05) is 34.8 Å². The number of nitrogens with zero attached hydrogens (tertiary/aromatic N) is 2. The van der Waals surface area contributed by atoms with E-state index in [0.29, 0.717) is 5.69 Å². The van der Waals surface area contributed by atoms with E-state index in [1.165, 1.54) is 0 Å². The molecular formula is C11H10BrCl3N2OS. The fourth-order valence-corrected chi connectivity index (χ4v) is 2.48. The first-order valence-electron chi connectivity index (χ1n) is 4.99. The van der Waals surface area contributed by atoms with Gasteiger partial charge in [0.15, 0.2) is 0 Å². The highest BCUT2D eigenvalue weighted by atomic mass is 79.9. The molecule has 0 atom stereocenters. The predicted octanol–water partition coefficient (Wildman–Crippen LogP) is 4.59. The van der Waals surface area contributed by atoms with Gasteiger partial charge < -0.3 is 4.57 Å². The van der Waals surface area contributed by atoms with E-state index in [1.807, 2.05) is 12.3 Å². The van der Waals surface area contributed by atoms with E-state index < -0.39 is 9.58 Å². The molecule has 2 aromatic heterocycles. The van der Waals surface area contributed by atoms with Gasteiger partial charge in [0.2, 0.25) is 5.78 Å². The molecule has 0 saturated carbocycles. The Bertz CT molecular complexity index is 603. The lowest BCUT2D eigenvalue weighted by molar-refractivity contribution is 0.0988. The summed E-state index contributed by atoms with van der Waals surface area (Å²) < 4.78 is -0.310. The van der Waals surface area contributed by atoms with E-state index >= 15 is 0 Å². The maximum Gasteiger partial charge on any atom is 0.255 e. The van der Waals surface area contributed by atoms with Crippen LogP contribution in [0.1, 0.15) is 15.5 Å². The number of hydrogen-bond acceptors (Lipinski definition) is 3. The first-order chi connectivity index (χ1) is 8.29. The summed E-state index contributed by atoms with van der Waals surface area (Å²) in [7, 11) is 1.73. The fourth-order valence-electron chi connectivity index (χ4n) is 1.57. The van der Waals surface area contributed by atoms with E-state index in [0.717, 1.165) is 16.3 Å². The Morgan fingerprint density at radius 3 is 2.53 bits per heavy atom. The molecule has 0 aliphatic heterocycles.